The highest BCUT2D eigenvalue weighted by molar-refractivity contribution is 7.13. The van der Waals surface area contributed by atoms with E-state index < -0.39 is 12.0 Å². The van der Waals surface area contributed by atoms with E-state index >= 15 is 0 Å². The van der Waals surface area contributed by atoms with Crippen molar-refractivity contribution in [1.82, 2.24) is 9.88 Å². The van der Waals surface area contributed by atoms with Gasteiger partial charge in [0.1, 0.15) is 11.8 Å². The number of likely N-dealkylation sites (tertiary alicyclic amines) is 1. The second kappa shape index (κ2) is 6.54. The van der Waals surface area contributed by atoms with Crippen molar-refractivity contribution in [2.75, 3.05) is 6.54 Å². The molecule has 1 aliphatic heterocycles. The van der Waals surface area contributed by atoms with Crippen molar-refractivity contribution < 1.29 is 19.1 Å². The average molecular weight is 334 g/mol. The molecule has 1 aliphatic rings. The van der Waals surface area contributed by atoms with Crippen LogP contribution in [-0.2, 0) is 16.0 Å². The van der Waals surface area contributed by atoms with Crippen LogP contribution in [0.15, 0.2) is 21.9 Å². The zero-order valence-electron chi connectivity index (χ0n) is 12.8. The molecule has 3 rings (SSSR count). The highest BCUT2D eigenvalue weighted by Crippen LogP contribution is 2.26. The first-order valence-electron chi connectivity index (χ1n) is 7.58. The number of thiophene rings is 1. The third-order valence-corrected chi connectivity index (χ3v) is 4.91. The normalized spacial score (nSPS) is 18.1. The van der Waals surface area contributed by atoms with Gasteiger partial charge in [-0.25, -0.2) is 9.78 Å². The number of amides is 1. The van der Waals surface area contributed by atoms with Crippen molar-refractivity contribution in [2.24, 2.45) is 0 Å². The van der Waals surface area contributed by atoms with Gasteiger partial charge in [-0.05, 0) is 37.6 Å². The third-order valence-electron chi connectivity index (χ3n) is 4.05. The van der Waals surface area contributed by atoms with E-state index in [0.717, 1.165) is 17.7 Å². The van der Waals surface area contributed by atoms with Gasteiger partial charge in [-0.2, -0.15) is 0 Å². The fraction of sp³-hybridized carbons (Fsp3) is 0.438. The van der Waals surface area contributed by atoms with Gasteiger partial charge < -0.3 is 14.4 Å². The number of carboxylic acids is 1. The Kier molecular flexibility index (Phi) is 4.47. The molecule has 1 N–H and O–H groups in total. The maximum atomic E-state index is 12.5. The minimum Gasteiger partial charge on any atom is -0.480 e. The van der Waals surface area contributed by atoms with Crippen molar-refractivity contribution in [3.63, 3.8) is 0 Å². The third kappa shape index (κ3) is 3.29. The molecule has 2 aromatic rings. The molecule has 0 aromatic carbocycles. The summed E-state index contributed by atoms with van der Waals surface area (Å²) in [7, 11) is 0. The number of hydrogen-bond acceptors (Lipinski definition) is 5. The molecule has 0 aliphatic carbocycles. The molecule has 2 aromatic heterocycles. The maximum absolute atomic E-state index is 12.5. The monoisotopic (exact) mass is 334 g/mol. The van der Waals surface area contributed by atoms with E-state index in [0.29, 0.717) is 30.3 Å². The van der Waals surface area contributed by atoms with Crippen LogP contribution < -0.4 is 0 Å². The quantitative estimate of drug-likeness (QED) is 0.929. The number of nitrogens with zero attached hydrogens (tertiary/aromatic N) is 2. The van der Waals surface area contributed by atoms with E-state index in [-0.39, 0.29) is 12.3 Å². The van der Waals surface area contributed by atoms with Crippen LogP contribution in [0, 0.1) is 6.92 Å². The number of rotatable bonds is 4. The highest BCUT2D eigenvalue weighted by Gasteiger charge is 2.32. The van der Waals surface area contributed by atoms with Crippen LogP contribution in [0.2, 0.25) is 0 Å². The van der Waals surface area contributed by atoms with E-state index in [9.17, 15) is 14.7 Å². The molecular weight excluding hydrogens is 316 g/mol. The number of piperidine rings is 1. The fourth-order valence-electron chi connectivity index (χ4n) is 2.83. The summed E-state index contributed by atoms with van der Waals surface area (Å²) in [6.07, 6.45) is 2.27. The number of carbonyl (C=O) groups excluding carboxylic acids is 1. The molecule has 0 radical (unpaired) electrons. The van der Waals surface area contributed by atoms with E-state index in [1.165, 1.54) is 16.2 Å². The lowest BCUT2D eigenvalue weighted by Crippen LogP contribution is -2.48. The molecule has 3 heterocycles. The number of oxazole rings is 1. The lowest BCUT2D eigenvalue weighted by molar-refractivity contribution is -0.151. The second-order valence-electron chi connectivity index (χ2n) is 5.61. The Labute approximate surface area is 137 Å². The van der Waals surface area contributed by atoms with Crippen LogP contribution >= 0.6 is 11.3 Å². The SMILES string of the molecule is Cc1oc(-c2cccs2)nc1CC(=O)N1CCCCC1C(=O)O. The summed E-state index contributed by atoms with van der Waals surface area (Å²) in [4.78, 5) is 30.6. The maximum Gasteiger partial charge on any atom is 0.326 e. The molecule has 6 nitrogen and oxygen atoms in total. The number of hydrogen-bond donors (Lipinski definition) is 1. The van der Waals surface area contributed by atoms with Crippen molar-refractivity contribution in [2.45, 2.75) is 38.6 Å². The minimum atomic E-state index is -0.936. The molecule has 122 valence electrons. The van der Waals surface area contributed by atoms with Crippen LogP contribution in [0.5, 0.6) is 0 Å². The lowest BCUT2D eigenvalue weighted by atomic mass is 10.0. The van der Waals surface area contributed by atoms with Crippen molar-refractivity contribution >= 4 is 23.2 Å². The predicted octanol–water partition coefficient (Wildman–Crippen LogP) is 2.72. The molecule has 1 unspecified atom stereocenters. The van der Waals surface area contributed by atoms with Crippen LogP contribution in [0.25, 0.3) is 10.8 Å². The summed E-state index contributed by atoms with van der Waals surface area (Å²) in [6, 6.07) is 3.10. The van der Waals surface area contributed by atoms with Gasteiger partial charge >= 0.3 is 5.97 Å². The van der Waals surface area contributed by atoms with E-state index in [4.69, 9.17) is 4.42 Å². The van der Waals surface area contributed by atoms with Crippen LogP contribution in [0.1, 0.15) is 30.7 Å². The van der Waals surface area contributed by atoms with Crippen molar-refractivity contribution in [3.8, 4) is 10.8 Å². The first kappa shape index (κ1) is 15.7. The molecular formula is C16H18N2O4S. The Morgan fingerprint density at radius 2 is 2.30 bits per heavy atom. The Morgan fingerprint density at radius 3 is 3.00 bits per heavy atom. The number of carboxylic acid groups (broad SMARTS) is 1. The zero-order valence-corrected chi connectivity index (χ0v) is 13.6. The van der Waals surface area contributed by atoms with Crippen molar-refractivity contribution in [1.29, 1.82) is 0 Å². The standard InChI is InChI=1S/C16H18N2O4S/c1-10-11(17-15(22-10)13-6-4-8-23-13)9-14(19)18-7-3-2-5-12(18)16(20)21/h4,6,8,12H,2-3,5,7,9H2,1H3,(H,20,21). The molecule has 7 heteroatoms. The predicted molar refractivity (Wildman–Crippen MR) is 85.2 cm³/mol. The Morgan fingerprint density at radius 1 is 1.48 bits per heavy atom. The lowest BCUT2D eigenvalue weighted by Gasteiger charge is -2.32. The first-order chi connectivity index (χ1) is 11.1. The van der Waals surface area contributed by atoms with Gasteiger partial charge in [0.25, 0.3) is 0 Å². The largest absolute Gasteiger partial charge is 0.480 e. The number of carbonyl (C=O) groups is 2. The molecule has 1 atom stereocenters. The Bertz CT molecular complexity index is 708. The smallest absolute Gasteiger partial charge is 0.326 e. The summed E-state index contributed by atoms with van der Waals surface area (Å²) in [5.41, 5.74) is 0.577. The summed E-state index contributed by atoms with van der Waals surface area (Å²) in [6.45, 7) is 2.27. The highest BCUT2D eigenvalue weighted by atomic mass is 32.1. The minimum absolute atomic E-state index is 0.0739. The Hall–Kier alpha value is -2.15. The molecule has 0 saturated carbocycles. The van der Waals surface area contributed by atoms with Gasteiger partial charge in [0.15, 0.2) is 0 Å². The average Bonchev–Trinajstić information content (AvgIpc) is 3.17. The van der Waals surface area contributed by atoms with E-state index in [1.807, 2.05) is 17.5 Å². The number of aromatic nitrogens is 1. The summed E-state index contributed by atoms with van der Waals surface area (Å²) in [5.74, 6) is -0.0280. The molecule has 1 saturated heterocycles. The fourth-order valence-corrected chi connectivity index (χ4v) is 3.48. The van der Waals surface area contributed by atoms with Gasteiger partial charge in [-0.1, -0.05) is 6.07 Å². The van der Waals surface area contributed by atoms with E-state index in [2.05, 4.69) is 4.98 Å². The van der Waals surface area contributed by atoms with Crippen molar-refractivity contribution in [3.05, 3.63) is 29.0 Å². The van der Waals surface area contributed by atoms with Crippen LogP contribution in [0.3, 0.4) is 0 Å². The molecule has 1 fully saturated rings. The van der Waals surface area contributed by atoms with Gasteiger partial charge in [-0.3, -0.25) is 4.79 Å². The Balaban J connectivity index is 1.76. The van der Waals surface area contributed by atoms with Gasteiger partial charge in [-0.15, -0.1) is 11.3 Å². The van der Waals surface area contributed by atoms with E-state index in [1.54, 1.807) is 6.92 Å². The topological polar surface area (TPSA) is 83.6 Å². The number of aryl methyl sites for hydroxylation is 1. The molecule has 23 heavy (non-hydrogen) atoms. The summed E-state index contributed by atoms with van der Waals surface area (Å²) in [5, 5.41) is 11.2. The molecule has 0 bridgehead atoms. The van der Waals surface area contributed by atoms with Gasteiger partial charge in [0.05, 0.1) is 17.0 Å². The first-order valence-corrected chi connectivity index (χ1v) is 8.46. The molecule has 0 spiro atoms. The van der Waals surface area contributed by atoms with Crippen LogP contribution in [0.4, 0.5) is 0 Å². The molecule has 1 amide bonds. The zero-order chi connectivity index (χ0) is 16.4. The van der Waals surface area contributed by atoms with Gasteiger partial charge in [0.2, 0.25) is 11.8 Å². The summed E-state index contributed by atoms with van der Waals surface area (Å²) < 4.78 is 5.63. The summed E-state index contributed by atoms with van der Waals surface area (Å²) >= 11 is 1.52. The van der Waals surface area contributed by atoms with Crippen LogP contribution in [-0.4, -0.2) is 39.5 Å². The number of aliphatic carboxylic acids is 1. The second-order valence-corrected chi connectivity index (χ2v) is 6.56. The van der Waals surface area contributed by atoms with Gasteiger partial charge in [0, 0.05) is 6.54 Å².